The number of methoxy groups -OCH3 is 1. The number of ether oxygens (including phenoxy) is 3. The summed E-state index contributed by atoms with van der Waals surface area (Å²) >= 11 is 0. The zero-order valence-corrected chi connectivity index (χ0v) is 22.9. The number of hydrogen-bond donors (Lipinski definition) is 1. The zero-order valence-electron chi connectivity index (χ0n) is 22.9. The summed E-state index contributed by atoms with van der Waals surface area (Å²) in [5.41, 5.74) is -0.548. The summed E-state index contributed by atoms with van der Waals surface area (Å²) in [6.45, 7) is 9.56. The van der Waals surface area contributed by atoms with Gasteiger partial charge in [-0.3, -0.25) is 14.4 Å². The molecule has 0 radical (unpaired) electrons. The van der Waals surface area contributed by atoms with Crippen molar-refractivity contribution in [3.05, 3.63) is 49.6 Å². The second-order valence-corrected chi connectivity index (χ2v) is 10.4. The average molecular weight is 541 g/mol. The highest BCUT2D eigenvalue weighted by atomic mass is 16.6. The number of hydrogen-bond acceptors (Lipinski definition) is 7. The van der Waals surface area contributed by atoms with Crippen LogP contribution in [0.25, 0.3) is 0 Å². The van der Waals surface area contributed by atoms with Crippen LogP contribution in [0.3, 0.4) is 0 Å². The highest BCUT2D eigenvalue weighted by molar-refractivity contribution is 6.04. The van der Waals surface area contributed by atoms with Gasteiger partial charge in [0.25, 0.3) is 5.91 Å². The molecule has 4 rings (SSSR count). The first kappa shape index (κ1) is 28.8. The van der Waals surface area contributed by atoms with Crippen LogP contribution in [0.4, 0.5) is 5.69 Å². The third-order valence-electron chi connectivity index (χ3n) is 8.33. The fourth-order valence-corrected chi connectivity index (χ4v) is 6.47. The fourth-order valence-electron chi connectivity index (χ4n) is 6.47. The number of unbranched alkanes of at least 4 members (excludes halogenated alkanes) is 2. The van der Waals surface area contributed by atoms with Crippen molar-refractivity contribution >= 4 is 23.5 Å². The molecule has 2 amide bonds. The van der Waals surface area contributed by atoms with Gasteiger partial charge in [0.05, 0.1) is 44.3 Å². The van der Waals surface area contributed by atoms with Crippen LogP contribution in [0, 0.1) is 11.8 Å². The Labute approximate surface area is 230 Å². The normalized spacial score (nSPS) is 27.7. The topological polar surface area (TPSA) is 106 Å². The molecule has 1 aromatic carbocycles. The van der Waals surface area contributed by atoms with Gasteiger partial charge < -0.3 is 29.1 Å². The number of esters is 1. The van der Waals surface area contributed by atoms with Gasteiger partial charge in [0.1, 0.15) is 17.4 Å². The molecule has 6 atom stereocenters. The minimum absolute atomic E-state index is 0.208. The highest BCUT2D eigenvalue weighted by Crippen LogP contribution is 2.59. The Morgan fingerprint density at radius 2 is 2.00 bits per heavy atom. The highest BCUT2D eigenvalue weighted by Gasteiger charge is 2.75. The molecular weight excluding hydrogens is 500 g/mol. The van der Waals surface area contributed by atoms with Gasteiger partial charge in [-0.2, -0.15) is 0 Å². The van der Waals surface area contributed by atoms with E-state index in [4.69, 9.17) is 14.2 Å². The van der Waals surface area contributed by atoms with Crippen molar-refractivity contribution in [3.8, 4) is 5.75 Å². The number of allylic oxidation sites excluding steroid dienone is 1. The van der Waals surface area contributed by atoms with Crippen molar-refractivity contribution in [2.24, 2.45) is 11.8 Å². The van der Waals surface area contributed by atoms with Gasteiger partial charge in [-0.25, -0.2) is 0 Å². The first-order valence-electron chi connectivity index (χ1n) is 13.8. The van der Waals surface area contributed by atoms with E-state index in [2.05, 4.69) is 13.2 Å². The summed E-state index contributed by atoms with van der Waals surface area (Å²) in [4.78, 5) is 44.9. The van der Waals surface area contributed by atoms with Gasteiger partial charge in [0, 0.05) is 12.2 Å². The van der Waals surface area contributed by atoms with E-state index in [0.717, 1.165) is 12.8 Å². The Morgan fingerprint density at radius 1 is 1.26 bits per heavy atom. The zero-order chi connectivity index (χ0) is 28.2. The fraction of sp³-hybridized carbons (Fsp3) is 0.567. The average Bonchev–Trinajstić information content (AvgIpc) is 3.60. The van der Waals surface area contributed by atoms with Crippen molar-refractivity contribution in [3.63, 3.8) is 0 Å². The van der Waals surface area contributed by atoms with Crippen LogP contribution in [0.1, 0.15) is 45.4 Å². The lowest BCUT2D eigenvalue weighted by atomic mass is 9.70. The molecule has 3 fully saturated rings. The molecule has 2 bridgehead atoms. The van der Waals surface area contributed by atoms with Crippen LogP contribution in [0.2, 0.25) is 0 Å². The number of rotatable bonds is 14. The van der Waals surface area contributed by atoms with Gasteiger partial charge in [0.15, 0.2) is 0 Å². The van der Waals surface area contributed by atoms with Gasteiger partial charge in [-0.05, 0) is 62.8 Å². The van der Waals surface area contributed by atoms with Crippen LogP contribution in [-0.4, -0.2) is 78.4 Å². The van der Waals surface area contributed by atoms with E-state index >= 15 is 0 Å². The van der Waals surface area contributed by atoms with Gasteiger partial charge in [-0.15, -0.1) is 13.2 Å². The molecule has 1 N–H and O–H groups in total. The Morgan fingerprint density at radius 3 is 2.62 bits per heavy atom. The molecule has 9 heteroatoms. The van der Waals surface area contributed by atoms with Crippen LogP contribution < -0.4 is 9.64 Å². The molecule has 3 aliphatic rings. The first-order valence-corrected chi connectivity index (χ1v) is 13.8. The lowest BCUT2D eigenvalue weighted by molar-refractivity contribution is -0.156. The minimum atomic E-state index is -1.17. The Hall–Kier alpha value is -3.17. The Kier molecular flexibility index (Phi) is 9.12. The molecule has 0 saturated carbocycles. The largest absolute Gasteiger partial charge is 0.497 e. The maximum Gasteiger partial charge on any atom is 0.312 e. The molecule has 1 aromatic rings. The first-order chi connectivity index (χ1) is 18.9. The number of anilines is 1. The van der Waals surface area contributed by atoms with Crippen molar-refractivity contribution in [2.45, 2.75) is 69.2 Å². The molecule has 212 valence electrons. The number of nitrogens with zero attached hydrogens (tertiary/aromatic N) is 2. The number of amides is 2. The second kappa shape index (κ2) is 12.3. The van der Waals surface area contributed by atoms with E-state index in [0.29, 0.717) is 37.1 Å². The standard InChI is InChI=1S/C30H40N2O7/c1-5-8-9-10-18-38-29(36)24-23-15-16-30(39-23)25(24)27(34)32(20(7-3)19-33)26(30)28(35)31(17-6-2)21-11-13-22(37-4)14-12-21/h5-6,11-14,20,23-26,33H,1-2,7-10,15-19H2,3-4H3/t20-,23-,24+,25-,26?,30?/m0/s1. The molecule has 2 unspecified atom stereocenters. The van der Waals surface area contributed by atoms with Gasteiger partial charge in [-0.1, -0.05) is 19.1 Å². The van der Waals surface area contributed by atoms with Crippen LogP contribution >= 0.6 is 0 Å². The maximum atomic E-state index is 14.4. The summed E-state index contributed by atoms with van der Waals surface area (Å²) in [6.07, 6.45) is 6.83. The molecular formula is C30H40N2O7. The van der Waals surface area contributed by atoms with Crippen LogP contribution in [-0.2, 0) is 23.9 Å². The van der Waals surface area contributed by atoms with Crippen LogP contribution in [0.5, 0.6) is 5.75 Å². The lowest BCUT2D eigenvalue weighted by Crippen LogP contribution is -2.59. The third-order valence-corrected chi connectivity index (χ3v) is 8.33. The molecule has 3 heterocycles. The number of carbonyl (C=O) groups is 3. The Bertz CT molecular complexity index is 1070. The number of likely N-dealkylation sites (tertiary alicyclic amines) is 1. The molecule has 0 aromatic heterocycles. The molecule has 1 spiro atoms. The molecule has 9 nitrogen and oxygen atoms in total. The minimum Gasteiger partial charge on any atom is -0.497 e. The van der Waals surface area contributed by atoms with Crippen molar-refractivity contribution < 1.29 is 33.7 Å². The predicted octanol–water partition coefficient (Wildman–Crippen LogP) is 3.26. The van der Waals surface area contributed by atoms with Gasteiger partial charge in [0.2, 0.25) is 5.91 Å². The predicted molar refractivity (Wildman–Crippen MR) is 146 cm³/mol. The number of aliphatic hydroxyl groups is 1. The molecule has 3 aliphatic heterocycles. The second-order valence-electron chi connectivity index (χ2n) is 10.4. The molecule has 0 aliphatic carbocycles. The summed E-state index contributed by atoms with van der Waals surface area (Å²) in [5.74, 6) is -2.10. The summed E-state index contributed by atoms with van der Waals surface area (Å²) < 4.78 is 17.4. The van der Waals surface area contributed by atoms with E-state index in [-0.39, 0.29) is 31.6 Å². The SMILES string of the molecule is C=CCCCCOC(=O)[C@@H]1[C@@H]2CCC3(O2)C(C(=O)N(CC=C)c2ccc(OC)cc2)N([C@@H](CC)CO)C(=O)[C@H]13. The number of carbonyl (C=O) groups excluding carboxylic acids is 3. The Balaban J connectivity index is 1.68. The van der Waals surface area contributed by atoms with E-state index in [1.54, 1.807) is 42.4 Å². The third kappa shape index (κ3) is 5.10. The van der Waals surface area contributed by atoms with Gasteiger partial charge >= 0.3 is 5.97 Å². The lowest BCUT2D eigenvalue weighted by Gasteiger charge is -2.39. The van der Waals surface area contributed by atoms with E-state index < -0.39 is 41.6 Å². The maximum absolute atomic E-state index is 14.4. The summed E-state index contributed by atoms with van der Waals surface area (Å²) in [6, 6.07) is 5.49. The van der Waals surface area contributed by atoms with Crippen molar-refractivity contribution in [2.75, 3.05) is 31.8 Å². The summed E-state index contributed by atoms with van der Waals surface area (Å²) in [5, 5.41) is 10.2. The molecule has 3 saturated heterocycles. The summed E-state index contributed by atoms with van der Waals surface area (Å²) in [7, 11) is 1.57. The van der Waals surface area contributed by atoms with Crippen molar-refractivity contribution in [1.82, 2.24) is 4.90 Å². The number of fused-ring (bicyclic) bond motifs is 1. The van der Waals surface area contributed by atoms with E-state index in [1.165, 1.54) is 4.90 Å². The van der Waals surface area contributed by atoms with Crippen LogP contribution in [0.15, 0.2) is 49.6 Å². The van der Waals surface area contributed by atoms with E-state index in [1.807, 2.05) is 13.0 Å². The quantitative estimate of drug-likeness (QED) is 0.219. The number of aliphatic hydroxyl groups excluding tert-OH is 1. The molecule has 39 heavy (non-hydrogen) atoms. The monoisotopic (exact) mass is 540 g/mol. The van der Waals surface area contributed by atoms with E-state index in [9.17, 15) is 19.5 Å². The van der Waals surface area contributed by atoms with Crippen molar-refractivity contribution in [1.29, 1.82) is 0 Å². The smallest absolute Gasteiger partial charge is 0.312 e. The number of benzene rings is 1.